The number of rotatable bonds is 4. The summed E-state index contributed by atoms with van der Waals surface area (Å²) in [6, 6.07) is 14.2. The molecule has 0 heterocycles. The first-order chi connectivity index (χ1) is 9.94. The zero-order chi connectivity index (χ0) is 15.5. The highest BCUT2D eigenvalue weighted by Crippen LogP contribution is 2.22. The van der Waals surface area contributed by atoms with Crippen LogP contribution in [-0.4, -0.2) is 11.7 Å². The van der Waals surface area contributed by atoms with Crippen molar-refractivity contribution in [2.24, 2.45) is 10.6 Å². The van der Waals surface area contributed by atoms with Crippen molar-refractivity contribution in [3.63, 3.8) is 0 Å². The number of oxime groups is 1. The highest BCUT2D eigenvalue weighted by molar-refractivity contribution is 6.02. The summed E-state index contributed by atoms with van der Waals surface area (Å²) in [5.74, 6) is -0.301. The highest BCUT2D eigenvalue weighted by Gasteiger charge is 2.27. The van der Waals surface area contributed by atoms with Crippen molar-refractivity contribution >= 4 is 22.5 Å². The average Bonchev–Trinajstić information content (AvgIpc) is 2.51. The second-order valence-corrected chi connectivity index (χ2v) is 5.85. The van der Waals surface area contributed by atoms with E-state index in [-0.39, 0.29) is 5.97 Å². The lowest BCUT2D eigenvalue weighted by molar-refractivity contribution is -0.154. The van der Waals surface area contributed by atoms with Crippen LogP contribution in [0.5, 0.6) is 0 Å². The Hall–Kier alpha value is -2.16. The van der Waals surface area contributed by atoms with Crippen LogP contribution in [0.15, 0.2) is 47.6 Å². The Morgan fingerprint density at radius 1 is 1.14 bits per heavy atom. The minimum absolute atomic E-state index is 0.301. The molecule has 0 fully saturated rings. The molecular formula is C18H21NO2. The number of carbonyl (C=O) groups is 1. The van der Waals surface area contributed by atoms with E-state index in [9.17, 15) is 4.79 Å². The molecule has 0 amide bonds. The third-order valence-electron chi connectivity index (χ3n) is 3.87. The second kappa shape index (κ2) is 6.08. The van der Waals surface area contributed by atoms with Gasteiger partial charge in [0.2, 0.25) is 0 Å². The smallest absolute Gasteiger partial charge is 0.317 e. The predicted molar refractivity (Wildman–Crippen MR) is 86.3 cm³/mol. The summed E-state index contributed by atoms with van der Waals surface area (Å²) in [6.07, 6.45) is 0.719. The van der Waals surface area contributed by atoms with Gasteiger partial charge in [-0.1, -0.05) is 48.5 Å². The fourth-order valence-corrected chi connectivity index (χ4v) is 1.84. The molecule has 0 bridgehead atoms. The first-order valence-electron chi connectivity index (χ1n) is 7.19. The van der Waals surface area contributed by atoms with Gasteiger partial charge >= 0.3 is 5.97 Å². The summed E-state index contributed by atoms with van der Waals surface area (Å²) in [5, 5.41) is 6.30. The minimum Gasteiger partial charge on any atom is -0.317 e. The number of hydrogen-bond donors (Lipinski definition) is 0. The normalized spacial score (nSPS) is 12.5. The average molecular weight is 283 g/mol. The second-order valence-electron chi connectivity index (χ2n) is 5.85. The molecule has 3 nitrogen and oxygen atoms in total. The lowest BCUT2D eigenvalue weighted by Crippen LogP contribution is -2.24. The van der Waals surface area contributed by atoms with Gasteiger partial charge in [-0.25, -0.2) is 4.79 Å². The van der Waals surface area contributed by atoms with Crippen molar-refractivity contribution in [2.75, 3.05) is 0 Å². The summed E-state index contributed by atoms with van der Waals surface area (Å²) < 4.78 is 0. The maximum Gasteiger partial charge on any atom is 0.340 e. The van der Waals surface area contributed by atoms with E-state index in [0.717, 1.165) is 17.4 Å². The molecule has 2 aromatic carbocycles. The van der Waals surface area contributed by atoms with Crippen LogP contribution in [0.1, 0.15) is 39.7 Å². The van der Waals surface area contributed by atoms with Crippen molar-refractivity contribution in [2.45, 2.75) is 34.1 Å². The number of fused-ring (bicyclic) bond motifs is 1. The largest absolute Gasteiger partial charge is 0.340 e. The molecule has 3 heteroatoms. The highest BCUT2D eigenvalue weighted by atomic mass is 16.7. The first kappa shape index (κ1) is 15.2. The predicted octanol–water partition coefficient (Wildman–Crippen LogP) is 4.54. The molecule has 21 heavy (non-hydrogen) atoms. The molecule has 110 valence electrons. The van der Waals surface area contributed by atoms with Crippen molar-refractivity contribution in [3.05, 3.63) is 48.0 Å². The first-order valence-corrected chi connectivity index (χ1v) is 7.19. The van der Waals surface area contributed by atoms with E-state index in [4.69, 9.17) is 4.84 Å². The molecule has 0 aliphatic carbocycles. The maximum atomic E-state index is 11.9. The summed E-state index contributed by atoms with van der Waals surface area (Å²) >= 11 is 0. The Morgan fingerprint density at radius 3 is 2.48 bits per heavy atom. The van der Waals surface area contributed by atoms with Crippen LogP contribution in [0.2, 0.25) is 0 Å². The monoisotopic (exact) mass is 283 g/mol. The van der Waals surface area contributed by atoms with Crippen molar-refractivity contribution in [1.82, 2.24) is 0 Å². The molecule has 0 saturated carbocycles. The Morgan fingerprint density at radius 2 is 1.81 bits per heavy atom. The lowest BCUT2D eigenvalue weighted by Gasteiger charge is -2.17. The van der Waals surface area contributed by atoms with E-state index in [1.807, 2.05) is 58.0 Å². The van der Waals surface area contributed by atoms with Gasteiger partial charge in [-0.2, -0.15) is 0 Å². The number of hydrogen-bond acceptors (Lipinski definition) is 3. The van der Waals surface area contributed by atoms with Gasteiger partial charge in [0.25, 0.3) is 0 Å². The molecule has 2 aromatic rings. The third kappa shape index (κ3) is 3.48. The zero-order valence-corrected chi connectivity index (χ0v) is 13.0. The fraction of sp³-hybridized carbons (Fsp3) is 0.333. The van der Waals surface area contributed by atoms with Gasteiger partial charge in [-0.05, 0) is 49.6 Å². The summed E-state index contributed by atoms with van der Waals surface area (Å²) in [4.78, 5) is 17.0. The van der Waals surface area contributed by atoms with Crippen LogP contribution in [0.4, 0.5) is 0 Å². The molecule has 0 aliphatic rings. The zero-order valence-electron chi connectivity index (χ0n) is 13.0. The molecular weight excluding hydrogens is 262 g/mol. The Kier molecular flexibility index (Phi) is 4.41. The quantitative estimate of drug-likeness (QED) is 0.469. The number of nitrogens with zero attached hydrogens (tertiary/aromatic N) is 1. The number of benzene rings is 2. The van der Waals surface area contributed by atoms with E-state index in [2.05, 4.69) is 17.3 Å². The van der Waals surface area contributed by atoms with E-state index in [1.54, 1.807) is 0 Å². The Balaban J connectivity index is 2.19. The van der Waals surface area contributed by atoms with Gasteiger partial charge in [-0.3, -0.25) is 0 Å². The van der Waals surface area contributed by atoms with E-state index >= 15 is 0 Å². The lowest BCUT2D eigenvalue weighted by atomic mass is 9.91. The van der Waals surface area contributed by atoms with E-state index < -0.39 is 5.41 Å². The molecule has 0 saturated heterocycles. The molecule has 0 aromatic heterocycles. The van der Waals surface area contributed by atoms with Crippen LogP contribution in [0, 0.1) is 5.41 Å². The van der Waals surface area contributed by atoms with Gasteiger partial charge in [0.05, 0.1) is 11.1 Å². The topological polar surface area (TPSA) is 38.7 Å². The van der Waals surface area contributed by atoms with E-state index in [0.29, 0.717) is 5.71 Å². The summed E-state index contributed by atoms with van der Waals surface area (Å²) in [6.45, 7) is 7.52. The van der Waals surface area contributed by atoms with Crippen molar-refractivity contribution in [3.8, 4) is 0 Å². The van der Waals surface area contributed by atoms with Gasteiger partial charge < -0.3 is 4.84 Å². The van der Waals surface area contributed by atoms with Crippen LogP contribution in [-0.2, 0) is 9.63 Å². The van der Waals surface area contributed by atoms with Crippen LogP contribution >= 0.6 is 0 Å². The third-order valence-corrected chi connectivity index (χ3v) is 3.87. The van der Waals surface area contributed by atoms with Gasteiger partial charge in [0.1, 0.15) is 0 Å². The summed E-state index contributed by atoms with van der Waals surface area (Å²) in [7, 11) is 0. The van der Waals surface area contributed by atoms with Gasteiger partial charge in [0, 0.05) is 0 Å². The van der Waals surface area contributed by atoms with Crippen molar-refractivity contribution in [1.29, 1.82) is 0 Å². The van der Waals surface area contributed by atoms with Crippen LogP contribution in [0.25, 0.3) is 10.8 Å². The fourth-order valence-electron chi connectivity index (χ4n) is 1.84. The van der Waals surface area contributed by atoms with Gasteiger partial charge in [-0.15, -0.1) is 0 Å². The molecule has 0 aliphatic heterocycles. The molecule has 0 N–H and O–H groups in total. The standard InChI is InChI=1S/C18H21NO2/c1-5-18(3,4)17(20)21-19-13(2)15-11-10-14-8-6-7-9-16(14)12-15/h6-12H,5H2,1-4H3/b19-13+. The molecule has 0 unspecified atom stereocenters. The molecule has 0 radical (unpaired) electrons. The molecule has 2 rings (SSSR count). The maximum absolute atomic E-state index is 11.9. The van der Waals surface area contributed by atoms with Crippen LogP contribution in [0.3, 0.4) is 0 Å². The minimum atomic E-state index is -0.507. The molecule has 0 atom stereocenters. The van der Waals surface area contributed by atoms with Crippen LogP contribution < -0.4 is 0 Å². The SMILES string of the molecule is CCC(C)(C)C(=O)O/N=C(\C)c1ccc2ccccc2c1. The Labute approximate surface area is 125 Å². The number of carbonyl (C=O) groups excluding carboxylic acids is 1. The van der Waals surface area contributed by atoms with Gasteiger partial charge in [0.15, 0.2) is 0 Å². The molecule has 0 spiro atoms. The van der Waals surface area contributed by atoms with Crippen molar-refractivity contribution < 1.29 is 9.63 Å². The van der Waals surface area contributed by atoms with E-state index in [1.165, 1.54) is 5.39 Å². The Bertz CT molecular complexity index is 686. The summed E-state index contributed by atoms with van der Waals surface area (Å²) in [5.41, 5.74) is 1.14.